The van der Waals surface area contributed by atoms with E-state index in [-0.39, 0.29) is 0 Å². The zero-order valence-electron chi connectivity index (χ0n) is 11.4. The molecule has 20 heavy (non-hydrogen) atoms. The maximum absolute atomic E-state index is 9.78. The Hall–Kier alpha value is -1.27. The van der Waals surface area contributed by atoms with Crippen molar-refractivity contribution in [2.75, 3.05) is 19.7 Å². The SMILES string of the molecule is OC(CNCCc1ccncc1)COCc1cccs1. The van der Waals surface area contributed by atoms with Crippen LogP contribution in [0.2, 0.25) is 0 Å². The van der Waals surface area contributed by atoms with Gasteiger partial charge in [0.1, 0.15) is 0 Å². The molecule has 108 valence electrons. The lowest BCUT2D eigenvalue weighted by Gasteiger charge is -2.12. The van der Waals surface area contributed by atoms with Gasteiger partial charge in [-0.3, -0.25) is 4.98 Å². The number of hydrogen-bond donors (Lipinski definition) is 2. The topological polar surface area (TPSA) is 54.4 Å². The minimum absolute atomic E-state index is 0.361. The number of aliphatic hydroxyl groups excluding tert-OH is 1. The Kier molecular flexibility index (Phi) is 6.66. The van der Waals surface area contributed by atoms with Gasteiger partial charge in [-0.25, -0.2) is 0 Å². The number of nitrogens with one attached hydrogen (secondary N) is 1. The fraction of sp³-hybridized carbons (Fsp3) is 0.400. The summed E-state index contributed by atoms with van der Waals surface area (Å²) in [6.45, 7) is 2.33. The Labute approximate surface area is 123 Å². The van der Waals surface area contributed by atoms with Crippen molar-refractivity contribution >= 4 is 11.3 Å². The first-order valence-electron chi connectivity index (χ1n) is 6.72. The third-order valence-corrected chi connectivity index (χ3v) is 3.70. The molecule has 0 spiro atoms. The molecule has 2 aromatic heterocycles. The van der Waals surface area contributed by atoms with E-state index in [9.17, 15) is 5.11 Å². The number of aliphatic hydroxyl groups is 1. The van der Waals surface area contributed by atoms with E-state index in [1.54, 1.807) is 23.7 Å². The maximum Gasteiger partial charge on any atom is 0.0897 e. The smallest absolute Gasteiger partial charge is 0.0897 e. The zero-order chi connectivity index (χ0) is 14.0. The van der Waals surface area contributed by atoms with Crippen LogP contribution in [-0.4, -0.2) is 35.9 Å². The Morgan fingerprint density at radius 1 is 1.30 bits per heavy atom. The van der Waals surface area contributed by atoms with Gasteiger partial charge in [-0.15, -0.1) is 11.3 Å². The molecule has 0 saturated heterocycles. The van der Waals surface area contributed by atoms with E-state index < -0.39 is 6.10 Å². The number of hydrogen-bond acceptors (Lipinski definition) is 5. The molecule has 0 aliphatic heterocycles. The maximum atomic E-state index is 9.78. The highest BCUT2D eigenvalue weighted by atomic mass is 32.1. The van der Waals surface area contributed by atoms with Crippen LogP contribution in [0.25, 0.3) is 0 Å². The number of thiophene rings is 1. The Morgan fingerprint density at radius 2 is 2.15 bits per heavy atom. The van der Waals surface area contributed by atoms with E-state index in [1.165, 1.54) is 10.4 Å². The van der Waals surface area contributed by atoms with E-state index in [0.29, 0.717) is 19.8 Å². The molecule has 5 heteroatoms. The van der Waals surface area contributed by atoms with Crippen molar-refractivity contribution in [3.63, 3.8) is 0 Å². The molecule has 0 radical (unpaired) electrons. The van der Waals surface area contributed by atoms with Crippen molar-refractivity contribution in [2.24, 2.45) is 0 Å². The van der Waals surface area contributed by atoms with Crippen LogP contribution in [-0.2, 0) is 17.8 Å². The van der Waals surface area contributed by atoms with E-state index in [1.807, 2.05) is 29.6 Å². The minimum Gasteiger partial charge on any atom is -0.389 e. The lowest BCUT2D eigenvalue weighted by molar-refractivity contribution is 0.0300. The van der Waals surface area contributed by atoms with Crippen LogP contribution in [0.3, 0.4) is 0 Å². The molecular formula is C15H20N2O2S. The minimum atomic E-state index is -0.465. The summed E-state index contributed by atoms with van der Waals surface area (Å²) >= 11 is 1.67. The summed E-state index contributed by atoms with van der Waals surface area (Å²) in [6.07, 6.45) is 4.06. The lowest BCUT2D eigenvalue weighted by atomic mass is 10.2. The summed E-state index contributed by atoms with van der Waals surface area (Å²) in [6, 6.07) is 8.04. The van der Waals surface area contributed by atoms with E-state index in [4.69, 9.17) is 4.74 Å². The Balaban J connectivity index is 1.51. The van der Waals surface area contributed by atoms with Crippen LogP contribution in [0.1, 0.15) is 10.4 Å². The molecule has 4 nitrogen and oxygen atoms in total. The van der Waals surface area contributed by atoms with Gasteiger partial charge < -0.3 is 15.2 Å². The molecule has 0 aromatic carbocycles. The largest absolute Gasteiger partial charge is 0.389 e. The summed E-state index contributed by atoms with van der Waals surface area (Å²) < 4.78 is 5.47. The molecular weight excluding hydrogens is 272 g/mol. The first-order valence-corrected chi connectivity index (χ1v) is 7.60. The van der Waals surface area contributed by atoms with Gasteiger partial charge in [0.2, 0.25) is 0 Å². The molecule has 2 rings (SSSR count). The molecule has 0 saturated carbocycles. The fourth-order valence-electron chi connectivity index (χ4n) is 1.80. The predicted molar refractivity (Wildman–Crippen MR) is 80.8 cm³/mol. The van der Waals surface area contributed by atoms with Crippen LogP contribution in [0.5, 0.6) is 0 Å². The standard InChI is InChI=1S/C15H20N2O2S/c18-14(11-19-12-15-2-1-9-20-15)10-17-8-5-13-3-6-16-7-4-13/h1-4,6-7,9,14,17-18H,5,8,10-12H2. The van der Waals surface area contributed by atoms with Crippen LogP contribution < -0.4 is 5.32 Å². The Morgan fingerprint density at radius 3 is 2.90 bits per heavy atom. The molecule has 2 N–H and O–H groups in total. The third-order valence-electron chi connectivity index (χ3n) is 2.85. The molecule has 0 aliphatic rings. The molecule has 0 bridgehead atoms. The lowest BCUT2D eigenvalue weighted by Crippen LogP contribution is -2.31. The van der Waals surface area contributed by atoms with Gasteiger partial charge in [-0.2, -0.15) is 0 Å². The first-order chi connectivity index (χ1) is 9.84. The van der Waals surface area contributed by atoms with Gasteiger partial charge in [0.15, 0.2) is 0 Å². The van der Waals surface area contributed by atoms with E-state index >= 15 is 0 Å². The van der Waals surface area contributed by atoms with Gasteiger partial charge in [0, 0.05) is 23.8 Å². The van der Waals surface area contributed by atoms with Crippen molar-refractivity contribution in [2.45, 2.75) is 19.1 Å². The third kappa shape index (κ3) is 5.79. The molecule has 1 unspecified atom stereocenters. The second-order valence-corrected chi connectivity index (χ2v) is 5.59. The number of aromatic nitrogens is 1. The Bertz CT molecular complexity index is 462. The van der Waals surface area contributed by atoms with Gasteiger partial charge in [-0.1, -0.05) is 6.07 Å². The number of rotatable bonds is 9. The highest BCUT2D eigenvalue weighted by molar-refractivity contribution is 7.09. The number of pyridine rings is 1. The molecule has 2 aromatic rings. The van der Waals surface area contributed by atoms with Crippen molar-refractivity contribution in [3.05, 3.63) is 52.5 Å². The van der Waals surface area contributed by atoms with Gasteiger partial charge in [-0.05, 0) is 42.1 Å². The van der Waals surface area contributed by atoms with Crippen molar-refractivity contribution < 1.29 is 9.84 Å². The normalized spacial score (nSPS) is 12.4. The molecule has 0 amide bonds. The monoisotopic (exact) mass is 292 g/mol. The van der Waals surface area contributed by atoms with Crippen LogP contribution >= 0.6 is 11.3 Å². The highest BCUT2D eigenvalue weighted by Gasteiger charge is 2.04. The number of ether oxygens (including phenoxy) is 1. The molecule has 0 fully saturated rings. The predicted octanol–water partition coefficient (Wildman–Crippen LogP) is 1.85. The summed E-state index contributed by atoms with van der Waals surface area (Å²) in [5.74, 6) is 0. The van der Waals surface area contributed by atoms with Gasteiger partial charge in [0.05, 0.1) is 19.3 Å². The average Bonchev–Trinajstić information content (AvgIpc) is 2.98. The number of nitrogens with zero attached hydrogens (tertiary/aromatic N) is 1. The summed E-state index contributed by atoms with van der Waals surface area (Å²) in [4.78, 5) is 5.16. The van der Waals surface area contributed by atoms with E-state index in [0.717, 1.165) is 13.0 Å². The van der Waals surface area contributed by atoms with Crippen LogP contribution in [0, 0.1) is 0 Å². The zero-order valence-corrected chi connectivity index (χ0v) is 12.2. The average molecular weight is 292 g/mol. The first kappa shape index (κ1) is 15.1. The second kappa shape index (κ2) is 8.81. The van der Waals surface area contributed by atoms with Crippen LogP contribution in [0.15, 0.2) is 42.0 Å². The highest BCUT2D eigenvalue weighted by Crippen LogP contribution is 2.09. The van der Waals surface area contributed by atoms with Crippen molar-refractivity contribution in [3.8, 4) is 0 Å². The summed E-state index contributed by atoms with van der Waals surface area (Å²) in [5, 5.41) is 15.0. The summed E-state index contributed by atoms with van der Waals surface area (Å²) in [5.41, 5.74) is 1.25. The molecule has 1 atom stereocenters. The molecule has 0 aliphatic carbocycles. The van der Waals surface area contributed by atoms with E-state index in [2.05, 4.69) is 10.3 Å². The summed E-state index contributed by atoms with van der Waals surface area (Å²) in [7, 11) is 0. The second-order valence-electron chi connectivity index (χ2n) is 4.56. The van der Waals surface area contributed by atoms with Crippen molar-refractivity contribution in [1.82, 2.24) is 10.3 Å². The van der Waals surface area contributed by atoms with Crippen LogP contribution in [0.4, 0.5) is 0 Å². The van der Waals surface area contributed by atoms with Gasteiger partial charge in [0.25, 0.3) is 0 Å². The quantitative estimate of drug-likeness (QED) is 0.693. The van der Waals surface area contributed by atoms with Crippen molar-refractivity contribution in [1.29, 1.82) is 0 Å². The fourth-order valence-corrected chi connectivity index (χ4v) is 2.44. The molecule has 2 heterocycles. The van der Waals surface area contributed by atoms with Gasteiger partial charge >= 0.3 is 0 Å².